The molecule has 0 amide bonds. The van der Waals surface area contributed by atoms with Crippen LogP contribution >= 0.6 is 0 Å². The lowest BCUT2D eigenvalue weighted by atomic mass is 10.4. The normalized spacial score (nSPS) is 9.88. The fourth-order valence-corrected chi connectivity index (χ4v) is 0.164. The number of hydrogen-bond acceptors (Lipinski definition) is 0. The maximum absolute atomic E-state index is 11.0. The highest BCUT2D eigenvalue weighted by Gasteiger charge is 2.23. The molecule has 0 spiro atoms. The van der Waals surface area contributed by atoms with Crippen molar-refractivity contribution in [2.24, 2.45) is 0 Å². The topological polar surface area (TPSA) is 0 Å². The van der Waals surface area contributed by atoms with Crippen molar-refractivity contribution in [1.82, 2.24) is 0 Å². The highest BCUT2D eigenvalue weighted by atomic mass is 28.1. The third-order valence-corrected chi connectivity index (χ3v) is 0.376. The van der Waals surface area contributed by atoms with E-state index in [9.17, 15) is 13.2 Å². The van der Waals surface area contributed by atoms with Gasteiger partial charge >= 0.3 is 6.18 Å². The molecule has 8 heavy (non-hydrogen) atoms. The second kappa shape index (κ2) is 3.71. The Morgan fingerprint density at radius 1 is 1.38 bits per heavy atom. The van der Waals surface area contributed by atoms with Crippen LogP contribution in [0.4, 0.5) is 13.2 Å². The number of hydrogen-bond donors (Lipinski definition) is 0. The van der Waals surface area contributed by atoms with Crippen LogP contribution in [0.3, 0.4) is 0 Å². The van der Waals surface area contributed by atoms with Gasteiger partial charge in [-0.05, 0) is 11.0 Å². The third kappa shape index (κ3) is 9.22. The molecule has 0 aromatic rings. The van der Waals surface area contributed by atoms with Crippen molar-refractivity contribution in [3.63, 3.8) is 0 Å². The van der Waals surface area contributed by atoms with Crippen molar-refractivity contribution in [2.75, 3.05) is 0 Å². The molecular formula is C4H9F3Si. The fraction of sp³-hybridized carbons (Fsp3) is 0.500. The Morgan fingerprint density at radius 2 is 1.75 bits per heavy atom. The SMILES string of the molecule is C=CCC(F)(F)F.[SiH4]. The lowest BCUT2D eigenvalue weighted by Gasteiger charge is -1.97. The van der Waals surface area contributed by atoms with E-state index in [1.807, 2.05) is 0 Å². The summed E-state index contributed by atoms with van der Waals surface area (Å²) in [5, 5.41) is 0. The number of halogens is 3. The molecule has 0 unspecified atom stereocenters. The summed E-state index contributed by atoms with van der Waals surface area (Å²) >= 11 is 0. The quantitative estimate of drug-likeness (QED) is 0.373. The second-order valence-corrected chi connectivity index (χ2v) is 1.11. The standard InChI is InChI=1S/C4H5F3.H4Si/c1-2-3-4(5,6)7;/h2H,1,3H2;1H4. The Hall–Kier alpha value is -0.253. The van der Waals surface area contributed by atoms with E-state index in [4.69, 9.17) is 0 Å². The van der Waals surface area contributed by atoms with Gasteiger partial charge in [0.25, 0.3) is 0 Å². The zero-order valence-corrected chi connectivity index (χ0v) is 3.63. The first-order chi connectivity index (χ1) is 3.06. The minimum absolute atomic E-state index is 0. The second-order valence-electron chi connectivity index (χ2n) is 1.11. The molecule has 50 valence electrons. The number of allylic oxidation sites excluding steroid dienone is 1. The highest BCUT2D eigenvalue weighted by Crippen LogP contribution is 2.18. The monoisotopic (exact) mass is 142 g/mol. The smallest absolute Gasteiger partial charge is 0.171 e. The van der Waals surface area contributed by atoms with Gasteiger partial charge < -0.3 is 0 Å². The van der Waals surface area contributed by atoms with Crippen molar-refractivity contribution in [2.45, 2.75) is 12.6 Å². The summed E-state index contributed by atoms with van der Waals surface area (Å²) in [4.78, 5) is 0. The Balaban J connectivity index is 0. The molecule has 0 rings (SSSR count). The van der Waals surface area contributed by atoms with Gasteiger partial charge in [-0.2, -0.15) is 13.2 Å². The van der Waals surface area contributed by atoms with Gasteiger partial charge in [-0.25, -0.2) is 0 Å². The number of rotatable bonds is 1. The maximum Gasteiger partial charge on any atom is 0.392 e. The molecule has 0 aromatic heterocycles. The Labute approximate surface area is 50.4 Å². The van der Waals surface area contributed by atoms with E-state index in [1.54, 1.807) is 0 Å². The van der Waals surface area contributed by atoms with Crippen molar-refractivity contribution >= 4 is 11.0 Å². The Kier molecular flexibility index (Phi) is 4.96. The van der Waals surface area contributed by atoms with Crippen LogP contribution in [0.1, 0.15) is 6.42 Å². The molecule has 0 heterocycles. The Morgan fingerprint density at radius 3 is 1.75 bits per heavy atom. The van der Waals surface area contributed by atoms with Crippen LogP contribution in [0.5, 0.6) is 0 Å². The van der Waals surface area contributed by atoms with E-state index in [-0.39, 0.29) is 11.0 Å². The first kappa shape index (κ1) is 10.7. The van der Waals surface area contributed by atoms with Crippen molar-refractivity contribution in [3.05, 3.63) is 12.7 Å². The molecule has 0 bridgehead atoms. The first-order valence-corrected chi connectivity index (χ1v) is 1.74. The molecule has 0 nitrogen and oxygen atoms in total. The van der Waals surface area contributed by atoms with Gasteiger partial charge in [-0.1, -0.05) is 6.08 Å². The van der Waals surface area contributed by atoms with Gasteiger partial charge in [0.15, 0.2) is 0 Å². The average Bonchev–Trinajstić information content (AvgIpc) is 1.30. The molecule has 0 saturated heterocycles. The molecule has 4 heteroatoms. The summed E-state index contributed by atoms with van der Waals surface area (Å²) in [6.45, 7) is 2.93. The van der Waals surface area contributed by atoms with E-state index in [1.165, 1.54) is 0 Å². The summed E-state index contributed by atoms with van der Waals surface area (Å²) in [5.41, 5.74) is 0. The molecule has 0 N–H and O–H groups in total. The molecule has 0 atom stereocenters. The fourth-order valence-electron chi connectivity index (χ4n) is 0.164. The lowest BCUT2D eigenvalue weighted by molar-refractivity contribution is -0.124. The molecule has 0 aliphatic heterocycles. The predicted octanol–water partition coefficient (Wildman–Crippen LogP) is 0.673. The summed E-state index contributed by atoms with van der Waals surface area (Å²) in [5.74, 6) is 0. The van der Waals surface area contributed by atoms with E-state index in [0.717, 1.165) is 6.08 Å². The molecule has 0 saturated carbocycles. The number of alkyl halides is 3. The van der Waals surface area contributed by atoms with E-state index in [0.29, 0.717) is 0 Å². The van der Waals surface area contributed by atoms with Gasteiger partial charge in [-0.15, -0.1) is 6.58 Å². The zero-order chi connectivity index (χ0) is 5.91. The highest BCUT2D eigenvalue weighted by molar-refractivity contribution is 5.75. The average molecular weight is 142 g/mol. The van der Waals surface area contributed by atoms with Crippen LogP contribution in [0, 0.1) is 0 Å². The van der Waals surface area contributed by atoms with Crippen LogP contribution < -0.4 is 0 Å². The third-order valence-electron chi connectivity index (χ3n) is 0.376. The van der Waals surface area contributed by atoms with Crippen molar-refractivity contribution in [1.29, 1.82) is 0 Å². The summed E-state index contributed by atoms with van der Waals surface area (Å²) in [6, 6.07) is 0. The molecule has 0 fully saturated rings. The molecule has 0 aromatic carbocycles. The summed E-state index contributed by atoms with van der Waals surface area (Å²) < 4.78 is 33.0. The van der Waals surface area contributed by atoms with Gasteiger partial charge in [-0.3, -0.25) is 0 Å². The van der Waals surface area contributed by atoms with Crippen LogP contribution in [-0.2, 0) is 0 Å². The predicted molar refractivity (Wildman–Crippen MR) is 32.2 cm³/mol. The first-order valence-electron chi connectivity index (χ1n) is 1.74. The van der Waals surface area contributed by atoms with Gasteiger partial charge in [0.1, 0.15) is 0 Å². The molecule has 0 aliphatic carbocycles. The molecular weight excluding hydrogens is 133 g/mol. The van der Waals surface area contributed by atoms with Crippen LogP contribution in [0.25, 0.3) is 0 Å². The Bertz CT molecular complexity index is 66.2. The van der Waals surface area contributed by atoms with E-state index < -0.39 is 12.6 Å². The molecule has 0 radical (unpaired) electrons. The minimum Gasteiger partial charge on any atom is -0.171 e. The largest absolute Gasteiger partial charge is 0.392 e. The lowest BCUT2D eigenvalue weighted by Crippen LogP contribution is -2.03. The molecule has 0 aliphatic rings. The van der Waals surface area contributed by atoms with Crippen LogP contribution in [0.2, 0.25) is 0 Å². The maximum atomic E-state index is 11.0. The zero-order valence-electron chi connectivity index (χ0n) is 3.63. The van der Waals surface area contributed by atoms with Crippen molar-refractivity contribution in [3.8, 4) is 0 Å². The van der Waals surface area contributed by atoms with Crippen molar-refractivity contribution < 1.29 is 13.2 Å². The van der Waals surface area contributed by atoms with Crippen LogP contribution in [-0.4, -0.2) is 17.1 Å². The van der Waals surface area contributed by atoms with E-state index >= 15 is 0 Å². The van der Waals surface area contributed by atoms with E-state index in [2.05, 4.69) is 6.58 Å². The summed E-state index contributed by atoms with van der Waals surface area (Å²) in [6.07, 6.45) is -4.13. The summed E-state index contributed by atoms with van der Waals surface area (Å²) in [7, 11) is 0. The minimum atomic E-state index is -4.07. The van der Waals surface area contributed by atoms with Crippen LogP contribution in [0.15, 0.2) is 12.7 Å². The van der Waals surface area contributed by atoms with Gasteiger partial charge in [0.2, 0.25) is 0 Å². The van der Waals surface area contributed by atoms with Gasteiger partial charge in [0.05, 0.1) is 6.42 Å². The van der Waals surface area contributed by atoms with Gasteiger partial charge in [0, 0.05) is 0 Å².